The van der Waals surface area contributed by atoms with Gasteiger partial charge in [0.2, 0.25) is 0 Å². The average molecular weight is 288 g/mol. The van der Waals surface area contributed by atoms with Gasteiger partial charge in [0.25, 0.3) is 5.91 Å². The van der Waals surface area contributed by atoms with Crippen LogP contribution >= 0.6 is 0 Å². The molecular weight excluding hydrogens is 276 g/mol. The third kappa shape index (κ3) is 3.08. The van der Waals surface area contributed by atoms with Gasteiger partial charge in [0.15, 0.2) is 11.5 Å². The van der Waals surface area contributed by atoms with Gasteiger partial charge in [-0.3, -0.25) is 4.79 Å². The van der Waals surface area contributed by atoms with Crippen LogP contribution in [0.25, 0.3) is 0 Å². The summed E-state index contributed by atoms with van der Waals surface area (Å²) in [6.45, 7) is 0. The van der Waals surface area contributed by atoms with E-state index in [1.807, 2.05) is 0 Å². The Hall–Kier alpha value is -3.09. The average Bonchev–Trinajstić information content (AvgIpc) is 2.48. The number of para-hydroxylation sites is 1. The Morgan fingerprint density at radius 1 is 1.24 bits per heavy atom. The van der Waals surface area contributed by atoms with Crippen molar-refractivity contribution in [2.75, 3.05) is 12.4 Å². The zero-order valence-corrected chi connectivity index (χ0v) is 11.0. The van der Waals surface area contributed by atoms with E-state index in [-0.39, 0.29) is 22.8 Å². The Balaban J connectivity index is 2.20. The molecule has 3 N–H and O–H groups in total. The maximum Gasteiger partial charge on any atom is 0.354 e. The molecule has 1 aromatic heterocycles. The van der Waals surface area contributed by atoms with Crippen LogP contribution in [0.4, 0.5) is 5.69 Å². The first-order chi connectivity index (χ1) is 10.0. The minimum absolute atomic E-state index is 0.0386. The van der Waals surface area contributed by atoms with E-state index >= 15 is 0 Å². The summed E-state index contributed by atoms with van der Waals surface area (Å²) >= 11 is 0. The second-order valence-electron chi connectivity index (χ2n) is 4.05. The first-order valence-corrected chi connectivity index (χ1v) is 5.89. The molecule has 0 spiro atoms. The van der Waals surface area contributed by atoms with E-state index in [1.165, 1.54) is 37.6 Å². The summed E-state index contributed by atoms with van der Waals surface area (Å²) in [5.41, 5.74) is 0.223. The van der Waals surface area contributed by atoms with Crippen LogP contribution in [0.2, 0.25) is 0 Å². The Bertz CT molecular complexity index is 682. The summed E-state index contributed by atoms with van der Waals surface area (Å²) < 4.78 is 4.92. The van der Waals surface area contributed by atoms with Crippen LogP contribution in [0.3, 0.4) is 0 Å². The topological polar surface area (TPSA) is 109 Å². The number of aromatic hydroxyl groups is 1. The van der Waals surface area contributed by atoms with Gasteiger partial charge in [-0.2, -0.15) is 0 Å². The molecule has 2 aromatic rings. The SMILES string of the molecule is COc1cccc(C(=O)Nc2ccc(C(=O)O)nc2)c1O. The second kappa shape index (κ2) is 5.91. The van der Waals surface area contributed by atoms with Crippen LogP contribution in [0.15, 0.2) is 36.5 Å². The highest BCUT2D eigenvalue weighted by atomic mass is 16.5. The van der Waals surface area contributed by atoms with Crippen LogP contribution in [-0.2, 0) is 0 Å². The van der Waals surface area contributed by atoms with Crippen molar-refractivity contribution in [3.63, 3.8) is 0 Å². The number of carbonyl (C=O) groups excluding carboxylic acids is 1. The smallest absolute Gasteiger partial charge is 0.354 e. The van der Waals surface area contributed by atoms with E-state index in [0.29, 0.717) is 5.69 Å². The lowest BCUT2D eigenvalue weighted by molar-refractivity contribution is 0.0690. The van der Waals surface area contributed by atoms with E-state index in [9.17, 15) is 14.7 Å². The first-order valence-electron chi connectivity index (χ1n) is 5.89. The fourth-order valence-corrected chi connectivity index (χ4v) is 1.66. The second-order valence-corrected chi connectivity index (χ2v) is 4.05. The lowest BCUT2D eigenvalue weighted by atomic mass is 10.1. The molecule has 1 heterocycles. The molecule has 108 valence electrons. The minimum atomic E-state index is -1.15. The summed E-state index contributed by atoms with van der Waals surface area (Å²) in [7, 11) is 1.38. The maximum atomic E-state index is 12.1. The summed E-state index contributed by atoms with van der Waals surface area (Å²) in [6, 6.07) is 7.20. The van der Waals surface area contributed by atoms with Gasteiger partial charge >= 0.3 is 5.97 Å². The van der Waals surface area contributed by atoms with E-state index in [0.717, 1.165) is 0 Å². The summed E-state index contributed by atoms with van der Waals surface area (Å²) in [6.07, 6.45) is 1.22. The van der Waals surface area contributed by atoms with Crippen molar-refractivity contribution >= 4 is 17.6 Å². The summed E-state index contributed by atoms with van der Waals surface area (Å²) in [5, 5.41) is 21.1. The number of aromatic nitrogens is 1. The molecule has 21 heavy (non-hydrogen) atoms. The number of aromatic carboxylic acids is 1. The molecule has 7 nitrogen and oxygen atoms in total. The predicted molar refractivity (Wildman–Crippen MR) is 73.8 cm³/mol. The van der Waals surface area contributed by atoms with Crippen molar-refractivity contribution in [3.8, 4) is 11.5 Å². The number of carbonyl (C=O) groups is 2. The largest absolute Gasteiger partial charge is 0.504 e. The minimum Gasteiger partial charge on any atom is -0.504 e. The standard InChI is InChI=1S/C14H12N2O5/c1-21-11-4-2-3-9(12(11)17)13(18)16-8-5-6-10(14(19)20)15-7-8/h2-7,17H,1H3,(H,16,18)(H,19,20). The number of nitrogens with one attached hydrogen (secondary N) is 1. The van der Waals surface area contributed by atoms with Gasteiger partial charge in [-0.1, -0.05) is 6.07 Å². The van der Waals surface area contributed by atoms with E-state index in [2.05, 4.69) is 10.3 Å². The zero-order valence-electron chi connectivity index (χ0n) is 11.0. The highest BCUT2D eigenvalue weighted by molar-refractivity contribution is 6.06. The van der Waals surface area contributed by atoms with Crippen LogP contribution < -0.4 is 10.1 Å². The Morgan fingerprint density at radius 2 is 2.00 bits per heavy atom. The number of phenols is 1. The first kappa shape index (κ1) is 14.3. The fraction of sp³-hybridized carbons (Fsp3) is 0.0714. The molecule has 0 aliphatic carbocycles. The van der Waals surface area contributed by atoms with Crippen LogP contribution in [0.5, 0.6) is 11.5 Å². The molecule has 1 amide bonds. The number of carboxylic acid groups (broad SMARTS) is 1. The summed E-state index contributed by atoms with van der Waals surface area (Å²) in [4.78, 5) is 26.4. The number of carboxylic acids is 1. The molecule has 0 saturated heterocycles. The number of hydrogen-bond acceptors (Lipinski definition) is 5. The van der Waals surface area contributed by atoms with Crippen LogP contribution in [0.1, 0.15) is 20.8 Å². The fourth-order valence-electron chi connectivity index (χ4n) is 1.66. The highest BCUT2D eigenvalue weighted by Gasteiger charge is 2.15. The van der Waals surface area contributed by atoms with Gasteiger partial charge < -0.3 is 20.3 Å². The van der Waals surface area contributed by atoms with E-state index < -0.39 is 11.9 Å². The molecule has 0 radical (unpaired) electrons. The number of amides is 1. The van der Waals surface area contributed by atoms with Crippen LogP contribution in [0, 0.1) is 0 Å². The van der Waals surface area contributed by atoms with Gasteiger partial charge in [-0.25, -0.2) is 9.78 Å². The maximum absolute atomic E-state index is 12.1. The molecule has 0 fully saturated rings. The predicted octanol–water partition coefficient (Wildman–Crippen LogP) is 1.75. The Kier molecular flexibility index (Phi) is 4.03. The zero-order chi connectivity index (χ0) is 15.4. The molecule has 0 bridgehead atoms. The number of methoxy groups -OCH3 is 1. The van der Waals surface area contributed by atoms with Gasteiger partial charge in [0, 0.05) is 0 Å². The molecule has 2 rings (SSSR count). The van der Waals surface area contributed by atoms with Crippen molar-refractivity contribution in [2.24, 2.45) is 0 Å². The van der Waals surface area contributed by atoms with Gasteiger partial charge in [0.1, 0.15) is 5.69 Å². The van der Waals surface area contributed by atoms with Crippen LogP contribution in [-0.4, -0.2) is 34.2 Å². The molecule has 0 atom stereocenters. The number of anilines is 1. The molecule has 7 heteroatoms. The van der Waals surface area contributed by atoms with Crippen molar-refractivity contribution in [1.82, 2.24) is 4.98 Å². The molecule has 1 aromatic carbocycles. The number of benzene rings is 1. The Labute approximate surface area is 119 Å². The lowest BCUT2D eigenvalue weighted by Crippen LogP contribution is -2.13. The van der Waals surface area contributed by atoms with E-state index in [1.54, 1.807) is 6.07 Å². The number of hydrogen-bond donors (Lipinski definition) is 3. The third-order valence-corrected chi connectivity index (χ3v) is 2.70. The Morgan fingerprint density at radius 3 is 2.57 bits per heavy atom. The van der Waals surface area contributed by atoms with Gasteiger partial charge in [0.05, 0.1) is 24.6 Å². The third-order valence-electron chi connectivity index (χ3n) is 2.70. The number of nitrogens with zero attached hydrogens (tertiary/aromatic N) is 1. The molecule has 0 unspecified atom stereocenters. The van der Waals surface area contributed by atoms with E-state index in [4.69, 9.17) is 9.84 Å². The molecule has 0 aliphatic rings. The lowest BCUT2D eigenvalue weighted by Gasteiger charge is -2.09. The number of phenolic OH excluding ortho intramolecular Hbond substituents is 1. The quantitative estimate of drug-likeness (QED) is 0.790. The van der Waals surface area contributed by atoms with Crippen molar-refractivity contribution in [2.45, 2.75) is 0 Å². The van der Waals surface area contributed by atoms with Crippen molar-refractivity contribution < 1.29 is 24.5 Å². The normalized spacial score (nSPS) is 9.95. The molecular formula is C14H12N2O5. The van der Waals surface area contributed by atoms with Crippen molar-refractivity contribution in [3.05, 3.63) is 47.8 Å². The summed E-state index contributed by atoms with van der Waals surface area (Å²) in [5.74, 6) is -1.80. The molecule has 0 aliphatic heterocycles. The van der Waals surface area contributed by atoms with Crippen molar-refractivity contribution in [1.29, 1.82) is 0 Å². The number of rotatable bonds is 4. The number of pyridine rings is 1. The number of ether oxygens (including phenoxy) is 1. The monoisotopic (exact) mass is 288 g/mol. The van der Waals surface area contributed by atoms with Gasteiger partial charge in [-0.15, -0.1) is 0 Å². The highest BCUT2D eigenvalue weighted by Crippen LogP contribution is 2.29. The van der Waals surface area contributed by atoms with Gasteiger partial charge in [-0.05, 0) is 24.3 Å². The molecule has 0 saturated carbocycles.